The monoisotopic (exact) mass is 318 g/mol. The van der Waals surface area contributed by atoms with Gasteiger partial charge < -0.3 is 15.9 Å². The number of amides is 1. The van der Waals surface area contributed by atoms with Gasteiger partial charge in [0.2, 0.25) is 0 Å². The number of ether oxygens (including phenoxy) is 1. The molecule has 0 aliphatic rings. The molecular formula is C14H14F4N2O2. The molecule has 0 radical (unpaired) electrons. The van der Waals surface area contributed by atoms with Gasteiger partial charge in [0.25, 0.3) is 5.91 Å². The number of benzene rings is 1. The van der Waals surface area contributed by atoms with Crippen LogP contribution in [-0.2, 0) is 0 Å². The molecule has 8 heteroatoms. The predicted molar refractivity (Wildman–Crippen MR) is 73.8 cm³/mol. The molecule has 22 heavy (non-hydrogen) atoms. The largest absolute Gasteiger partial charge is 0.486 e. The maximum atomic E-state index is 12.9. The molecular weight excluding hydrogens is 304 g/mol. The summed E-state index contributed by atoms with van der Waals surface area (Å²) in [5.74, 6) is -5.64. The Kier molecular flexibility index (Phi) is 5.67. The van der Waals surface area contributed by atoms with E-state index >= 15 is 0 Å². The number of nitrogens with two attached hydrogens (primary N) is 1. The summed E-state index contributed by atoms with van der Waals surface area (Å²) >= 11 is 0. The number of alkyl halides is 4. The van der Waals surface area contributed by atoms with Crippen molar-refractivity contribution in [1.29, 1.82) is 5.41 Å². The lowest BCUT2D eigenvalue weighted by atomic mass is 10.0. The minimum atomic E-state index is -4.35. The Morgan fingerprint density at radius 2 is 2.09 bits per heavy atom. The molecule has 4 nitrogen and oxygen atoms in total. The quantitative estimate of drug-likeness (QED) is 0.598. The zero-order valence-corrected chi connectivity index (χ0v) is 11.6. The van der Waals surface area contributed by atoms with Crippen LogP contribution in [0.2, 0.25) is 0 Å². The highest BCUT2D eigenvalue weighted by atomic mass is 19.3. The highest BCUT2D eigenvalue weighted by Crippen LogP contribution is 2.28. The molecule has 0 spiro atoms. The lowest BCUT2D eigenvalue weighted by Gasteiger charge is -2.17. The first kappa shape index (κ1) is 17.7. The van der Waals surface area contributed by atoms with Crippen LogP contribution in [0.25, 0.3) is 5.57 Å². The molecule has 0 unspecified atom stereocenters. The molecule has 1 aromatic rings. The summed E-state index contributed by atoms with van der Waals surface area (Å²) in [5.41, 5.74) is 5.71. The molecule has 0 atom stereocenters. The van der Waals surface area contributed by atoms with Crippen LogP contribution >= 0.6 is 0 Å². The van der Waals surface area contributed by atoms with Crippen LogP contribution < -0.4 is 10.5 Å². The van der Waals surface area contributed by atoms with E-state index in [1.807, 2.05) is 0 Å². The second-order valence-electron chi connectivity index (χ2n) is 4.31. The number of rotatable bonds is 7. The van der Waals surface area contributed by atoms with Crippen LogP contribution in [0.3, 0.4) is 0 Å². The number of carbonyl (C=O) groups excluding carboxylic acids is 1. The number of allylic oxidation sites excluding steroid dienone is 2. The van der Waals surface area contributed by atoms with E-state index in [-0.39, 0.29) is 11.3 Å². The summed E-state index contributed by atoms with van der Waals surface area (Å²) in [7, 11) is 0. The van der Waals surface area contributed by atoms with E-state index in [2.05, 4.69) is 4.74 Å². The van der Waals surface area contributed by atoms with Crippen LogP contribution in [0, 0.1) is 5.41 Å². The highest BCUT2D eigenvalue weighted by Gasteiger charge is 2.42. The van der Waals surface area contributed by atoms with Gasteiger partial charge in [0.15, 0.2) is 6.61 Å². The van der Waals surface area contributed by atoms with Crippen LogP contribution in [0.4, 0.5) is 17.6 Å². The van der Waals surface area contributed by atoms with Crippen molar-refractivity contribution in [2.75, 3.05) is 6.61 Å². The van der Waals surface area contributed by atoms with Crippen LogP contribution in [0.1, 0.15) is 22.8 Å². The van der Waals surface area contributed by atoms with Gasteiger partial charge in [-0.3, -0.25) is 4.79 Å². The van der Waals surface area contributed by atoms with Gasteiger partial charge in [-0.2, -0.15) is 8.78 Å². The SMILES string of the molecule is C/C=C(\C=N)c1ccc(C(N)=O)c(OCC(F)(F)C(F)F)c1. The third-order valence-corrected chi connectivity index (χ3v) is 2.79. The molecule has 1 aromatic carbocycles. The second-order valence-corrected chi connectivity index (χ2v) is 4.31. The summed E-state index contributed by atoms with van der Waals surface area (Å²) in [6, 6.07) is 3.86. The lowest BCUT2D eigenvalue weighted by molar-refractivity contribution is -0.148. The van der Waals surface area contributed by atoms with Crippen molar-refractivity contribution in [1.82, 2.24) is 0 Å². The normalized spacial score (nSPS) is 12.4. The number of primary amides is 1. The molecule has 3 N–H and O–H groups in total. The minimum Gasteiger partial charge on any atom is -0.486 e. The fourth-order valence-corrected chi connectivity index (χ4v) is 1.60. The second kappa shape index (κ2) is 7.06. The molecule has 1 rings (SSSR count). The Hall–Kier alpha value is -2.38. The Morgan fingerprint density at radius 3 is 2.55 bits per heavy atom. The van der Waals surface area contributed by atoms with E-state index in [0.717, 1.165) is 6.21 Å². The summed E-state index contributed by atoms with van der Waals surface area (Å²) in [6.07, 6.45) is -1.30. The molecule has 0 aromatic heterocycles. The first-order valence-corrected chi connectivity index (χ1v) is 6.12. The van der Waals surface area contributed by atoms with Gasteiger partial charge in [-0.05, 0) is 30.2 Å². The van der Waals surface area contributed by atoms with E-state index in [1.165, 1.54) is 18.2 Å². The van der Waals surface area contributed by atoms with E-state index < -0.39 is 24.9 Å². The number of carbonyl (C=O) groups is 1. The van der Waals surface area contributed by atoms with Crippen molar-refractivity contribution in [2.24, 2.45) is 5.73 Å². The third-order valence-electron chi connectivity index (χ3n) is 2.79. The van der Waals surface area contributed by atoms with Gasteiger partial charge in [-0.15, -0.1) is 0 Å². The first-order chi connectivity index (χ1) is 10.2. The third kappa shape index (κ3) is 4.06. The van der Waals surface area contributed by atoms with E-state index in [1.54, 1.807) is 13.0 Å². The average Bonchev–Trinajstić information content (AvgIpc) is 2.46. The number of hydrogen-bond donors (Lipinski definition) is 2. The molecule has 0 saturated carbocycles. The molecule has 0 aliphatic carbocycles. The average molecular weight is 318 g/mol. The maximum absolute atomic E-state index is 12.9. The molecule has 0 fully saturated rings. The highest BCUT2D eigenvalue weighted by molar-refractivity contribution is 6.08. The summed E-state index contributed by atoms with van der Waals surface area (Å²) in [4.78, 5) is 11.2. The Labute approximate surface area is 124 Å². The first-order valence-electron chi connectivity index (χ1n) is 6.12. The Morgan fingerprint density at radius 1 is 1.45 bits per heavy atom. The topological polar surface area (TPSA) is 76.2 Å². The van der Waals surface area contributed by atoms with Crippen molar-refractivity contribution in [3.63, 3.8) is 0 Å². The summed E-state index contributed by atoms with van der Waals surface area (Å²) in [5, 5.41) is 7.22. The van der Waals surface area contributed by atoms with E-state index in [0.29, 0.717) is 11.1 Å². The van der Waals surface area contributed by atoms with Crippen molar-refractivity contribution >= 4 is 17.7 Å². The zero-order valence-electron chi connectivity index (χ0n) is 11.6. The smallest absolute Gasteiger partial charge is 0.340 e. The fraction of sp³-hybridized carbons (Fsp3) is 0.286. The van der Waals surface area contributed by atoms with Crippen molar-refractivity contribution < 1.29 is 27.1 Å². The number of hydrogen-bond acceptors (Lipinski definition) is 3. The van der Waals surface area contributed by atoms with Crippen molar-refractivity contribution in [3.05, 3.63) is 35.4 Å². The molecule has 0 saturated heterocycles. The van der Waals surface area contributed by atoms with Gasteiger partial charge in [0.1, 0.15) is 5.75 Å². The zero-order chi connectivity index (χ0) is 16.9. The number of halogens is 4. The van der Waals surface area contributed by atoms with Crippen LogP contribution in [0.5, 0.6) is 5.75 Å². The Balaban J connectivity index is 3.16. The summed E-state index contributed by atoms with van der Waals surface area (Å²) < 4.78 is 54.8. The molecule has 120 valence electrons. The maximum Gasteiger partial charge on any atom is 0.340 e. The van der Waals surface area contributed by atoms with E-state index in [9.17, 15) is 22.4 Å². The minimum absolute atomic E-state index is 0.214. The fourth-order valence-electron chi connectivity index (χ4n) is 1.60. The standard InChI is InChI=1S/C14H14F4N2O2/c1-2-8(6-19)9-3-4-10(12(20)21)11(5-9)22-7-14(17,18)13(15)16/h2-6,13,19H,7H2,1H3,(H2,20,21)/b8-2+,19-6?. The molecule has 0 aliphatic heterocycles. The van der Waals surface area contributed by atoms with Crippen LogP contribution in [0.15, 0.2) is 24.3 Å². The predicted octanol–water partition coefficient (Wildman–Crippen LogP) is 3.12. The molecule has 0 bridgehead atoms. The van der Waals surface area contributed by atoms with Gasteiger partial charge >= 0.3 is 12.3 Å². The van der Waals surface area contributed by atoms with Gasteiger partial charge in [-0.25, -0.2) is 8.78 Å². The lowest BCUT2D eigenvalue weighted by Crippen LogP contribution is -2.34. The molecule has 1 amide bonds. The van der Waals surface area contributed by atoms with Crippen molar-refractivity contribution in [3.8, 4) is 5.75 Å². The van der Waals surface area contributed by atoms with Gasteiger partial charge in [0.05, 0.1) is 5.56 Å². The van der Waals surface area contributed by atoms with Gasteiger partial charge in [-0.1, -0.05) is 12.1 Å². The molecule has 0 heterocycles. The summed E-state index contributed by atoms with van der Waals surface area (Å²) in [6.45, 7) is 0.0536. The van der Waals surface area contributed by atoms with E-state index in [4.69, 9.17) is 11.1 Å². The number of nitrogens with one attached hydrogen (secondary N) is 1. The Bertz CT molecular complexity index is 601. The van der Waals surface area contributed by atoms with Gasteiger partial charge in [0, 0.05) is 6.21 Å². The van der Waals surface area contributed by atoms with Crippen molar-refractivity contribution in [2.45, 2.75) is 19.3 Å². The van der Waals surface area contributed by atoms with Crippen LogP contribution in [-0.4, -0.2) is 31.1 Å².